The molecule has 0 atom stereocenters. The van der Waals surface area contributed by atoms with E-state index < -0.39 is 18.1 Å². The van der Waals surface area contributed by atoms with Gasteiger partial charge in [0, 0.05) is 20.1 Å². The maximum Gasteiger partial charge on any atom is 0.344 e. The van der Waals surface area contributed by atoms with Crippen molar-refractivity contribution in [2.75, 3.05) is 19.7 Å². The van der Waals surface area contributed by atoms with Gasteiger partial charge in [-0.2, -0.15) is 5.10 Å². The van der Waals surface area contributed by atoms with Crippen molar-refractivity contribution in [3.63, 3.8) is 0 Å². The van der Waals surface area contributed by atoms with Crippen molar-refractivity contribution in [1.82, 2.24) is 14.7 Å². The topological polar surface area (TPSA) is 81.5 Å². The lowest BCUT2D eigenvalue weighted by Gasteiger charge is -2.20. The van der Waals surface area contributed by atoms with E-state index in [0.29, 0.717) is 24.3 Å². The normalized spacial score (nSPS) is 10.3. The second kappa shape index (κ2) is 7.71. The van der Waals surface area contributed by atoms with Gasteiger partial charge in [-0.3, -0.25) is 9.59 Å². The van der Waals surface area contributed by atoms with E-state index in [0.717, 1.165) is 10.3 Å². The Hall–Kier alpha value is -2.44. The molecule has 0 radical (unpaired) electrons. The van der Waals surface area contributed by atoms with Crippen molar-refractivity contribution in [2.24, 2.45) is 7.05 Å². The predicted octanol–water partition coefficient (Wildman–Crippen LogP) is 0.979. The number of hydrogen-bond acceptors (Lipinski definition) is 5. The number of rotatable bonds is 6. The van der Waals surface area contributed by atoms with E-state index in [1.165, 1.54) is 11.9 Å². The number of aryl methyl sites for hydroxylation is 2. The molecule has 0 bridgehead atoms. The predicted molar refractivity (Wildman–Crippen MR) is 86.3 cm³/mol. The Bertz CT molecular complexity index is 691. The molecule has 1 amide bonds. The van der Waals surface area contributed by atoms with Gasteiger partial charge in [-0.05, 0) is 33.3 Å². The van der Waals surface area contributed by atoms with Crippen LogP contribution in [0.15, 0.2) is 16.9 Å². The SMILES string of the molecule is C=C(C)CN(CC)C(=O)COC(=O)c1c(C)c(C)nn(C)c1=O. The van der Waals surface area contributed by atoms with Crippen LogP contribution < -0.4 is 5.56 Å². The molecular weight excluding hydrogens is 298 g/mol. The van der Waals surface area contributed by atoms with Gasteiger partial charge in [0.2, 0.25) is 0 Å². The summed E-state index contributed by atoms with van der Waals surface area (Å²) in [6.45, 7) is 11.2. The van der Waals surface area contributed by atoms with E-state index in [1.54, 1.807) is 13.8 Å². The number of carbonyl (C=O) groups excluding carboxylic acids is 2. The molecule has 0 N–H and O–H groups in total. The maximum absolute atomic E-state index is 12.2. The van der Waals surface area contributed by atoms with Crippen LogP contribution in [0.25, 0.3) is 0 Å². The first-order valence-corrected chi connectivity index (χ1v) is 7.32. The van der Waals surface area contributed by atoms with E-state index in [9.17, 15) is 14.4 Å². The molecule has 1 rings (SSSR count). The third-order valence-corrected chi connectivity index (χ3v) is 3.45. The van der Waals surface area contributed by atoms with Crippen LogP contribution in [0.2, 0.25) is 0 Å². The van der Waals surface area contributed by atoms with Crippen LogP contribution in [0, 0.1) is 13.8 Å². The fourth-order valence-corrected chi connectivity index (χ4v) is 2.08. The van der Waals surface area contributed by atoms with Gasteiger partial charge in [0.15, 0.2) is 6.61 Å². The van der Waals surface area contributed by atoms with E-state index in [-0.39, 0.29) is 11.5 Å². The van der Waals surface area contributed by atoms with Crippen LogP contribution in [0.1, 0.15) is 35.5 Å². The van der Waals surface area contributed by atoms with E-state index in [2.05, 4.69) is 11.7 Å². The Morgan fingerprint density at radius 1 is 1.35 bits per heavy atom. The summed E-state index contributed by atoms with van der Waals surface area (Å²) in [6.07, 6.45) is 0. The van der Waals surface area contributed by atoms with Gasteiger partial charge in [0.1, 0.15) is 5.56 Å². The average molecular weight is 321 g/mol. The second-order valence-corrected chi connectivity index (χ2v) is 5.46. The van der Waals surface area contributed by atoms with Crippen molar-refractivity contribution < 1.29 is 14.3 Å². The number of esters is 1. The number of ether oxygens (including phenoxy) is 1. The van der Waals surface area contributed by atoms with Crippen LogP contribution in [0.3, 0.4) is 0 Å². The highest BCUT2D eigenvalue weighted by Crippen LogP contribution is 2.08. The van der Waals surface area contributed by atoms with Crippen LogP contribution in [0.5, 0.6) is 0 Å². The Kier molecular flexibility index (Phi) is 6.24. The monoisotopic (exact) mass is 321 g/mol. The molecule has 23 heavy (non-hydrogen) atoms. The molecule has 0 aliphatic rings. The zero-order valence-electron chi connectivity index (χ0n) is 14.3. The lowest BCUT2D eigenvalue weighted by atomic mass is 10.1. The highest BCUT2D eigenvalue weighted by molar-refractivity contribution is 5.92. The highest BCUT2D eigenvalue weighted by atomic mass is 16.5. The molecule has 1 aromatic heterocycles. The Labute approximate surface area is 135 Å². The van der Waals surface area contributed by atoms with Gasteiger partial charge < -0.3 is 9.64 Å². The summed E-state index contributed by atoms with van der Waals surface area (Å²) in [4.78, 5) is 37.8. The molecule has 0 aliphatic carbocycles. The third-order valence-electron chi connectivity index (χ3n) is 3.45. The van der Waals surface area contributed by atoms with Crippen LogP contribution in [-0.4, -0.2) is 46.3 Å². The number of likely N-dealkylation sites (N-methyl/N-ethyl adjacent to an activating group) is 1. The Morgan fingerprint density at radius 2 is 1.96 bits per heavy atom. The van der Waals surface area contributed by atoms with Crippen LogP contribution in [0.4, 0.5) is 0 Å². The summed E-state index contributed by atoms with van der Waals surface area (Å²) >= 11 is 0. The fraction of sp³-hybridized carbons (Fsp3) is 0.500. The van der Waals surface area contributed by atoms with E-state index >= 15 is 0 Å². The average Bonchev–Trinajstić information content (AvgIpc) is 2.48. The van der Waals surface area contributed by atoms with Crippen LogP contribution >= 0.6 is 0 Å². The zero-order valence-corrected chi connectivity index (χ0v) is 14.3. The molecule has 0 saturated carbocycles. The molecule has 126 valence electrons. The molecule has 0 unspecified atom stereocenters. The molecular formula is C16H23N3O4. The summed E-state index contributed by atoms with van der Waals surface area (Å²) in [5.74, 6) is -1.14. The Balaban J connectivity index is 2.88. The van der Waals surface area contributed by atoms with Crippen LogP contribution in [-0.2, 0) is 16.6 Å². The minimum Gasteiger partial charge on any atom is -0.452 e. The smallest absolute Gasteiger partial charge is 0.344 e. The summed E-state index contributed by atoms with van der Waals surface area (Å²) in [5, 5.41) is 4.00. The van der Waals surface area contributed by atoms with Crippen molar-refractivity contribution in [2.45, 2.75) is 27.7 Å². The first kappa shape index (κ1) is 18.6. The molecule has 0 fully saturated rings. The number of nitrogens with zero attached hydrogens (tertiary/aromatic N) is 3. The highest BCUT2D eigenvalue weighted by Gasteiger charge is 2.21. The van der Waals surface area contributed by atoms with E-state index in [4.69, 9.17) is 4.74 Å². The number of aromatic nitrogens is 2. The largest absolute Gasteiger partial charge is 0.452 e. The second-order valence-electron chi connectivity index (χ2n) is 5.46. The van der Waals surface area contributed by atoms with Gasteiger partial charge in [-0.15, -0.1) is 0 Å². The first-order valence-electron chi connectivity index (χ1n) is 7.32. The van der Waals surface area contributed by atoms with Gasteiger partial charge in [-0.1, -0.05) is 12.2 Å². The molecule has 7 nitrogen and oxygen atoms in total. The van der Waals surface area contributed by atoms with Crippen molar-refractivity contribution >= 4 is 11.9 Å². The summed E-state index contributed by atoms with van der Waals surface area (Å²) in [5.41, 5.74) is 1.22. The summed E-state index contributed by atoms with van der Waals surface area (Å²) in [7, 11) is 1.46. The first-order chi connectivity index (χ1) is 10.7. The number of hydrogen-bond donors (Lipinski definition) is 0. The van der Waals surface area contributed by atoms with Gasteiger partial charge >= 0.3 is 5.97 Å². The third kappa shape index (κ3) is 4.51. The summed E-state index contributed by atoms with van der Waals surface area (Å²) < 4.78 is 6.11. The molecule has 0 saturated heterocycles. The molecule has 1 heterocycles. The van der Waals surface area contributed by atoms with Gasteiger partial charge in [0.25, 0.3) is 11.5 Å². The lowest BCUT2D eigenvalue weighted by molar-refractivity contribution is -0.133. The van der Waals surface area contributed by atoms with Crippen molar-refractivity contribution in [3.8, 4) is 0 Å². The fourth-order valence-electron chi connectivity index (χ4n) is 2.08. The molecule has 1 aromatic rings. The standard InChI is InChI=1S/C16H23N3O4/c1-7-19(8-10(2)3)13(20)9-23-16(22)14-11(4)12(5)17-18(6)15(14)21/h2,7-9H2,1,3-6H3. The minimum absolute atomic E-state index is 0.0873. The minimum atomic E-state index is -0.812. The van der Waals surface area contributed by atoms with Crippen molar-refractivity contribution in [1.29, 1.82) is 0 Å². The molecule has 7 heteroatoms. The quantitative estimate of drug-likeness (QED) is 0.576. The molecule has 0 aliphatic heterocycles. The lowest BCUT2D eigenvalue weighted by Crippen LogP contribution is -2.36. The van der Waals surface area contributed by atoms with E-state index in [1.807, 2.05) is 13.8 Å². The maximum atomic E-state index is 12.2. The zero-order chi connectivity index (χ0) is 17.7. The number of carbonyl (C=O) groups is 2. The molecule has 0 aromatic carbocycles. The Morgan fingerprint density at radius 3 is 2.48 bits per heavy atom. The molecule has 0 spiro atoms. The summed E-state index contributed by atoms with van der Waals surface area (Å²) in [6, 6.07) is 0. The van der Waals surface area contributed by atoms with Gasteiger partial charge in [0.05, 0.1) is 5.69 Å². The van der Waals surface area contributed by atoms with Crippen molar-refractivity contribution in [3.05, 3.63) is 39.3 Å². The number of amides is 1. The van der Waals surface area contributed by atoms with Gasteiger partial charge in [-0.25, -0.2) is 9.48 Å².